The van der Waals surface area contributed by atoms with Crippen molar-refractivity contribution in [1.82, 2.24) is 14.9 Å². The maximum absolute atomic E-state index is 12.6. The van der Waals surface area contributed by atoms with Gasteiger partial charge in [-0.15, -0.1) is 0 Å². The van der Waals surface area contributed by atoms with E-state index in [2.05, 4.69) is 15.0 Å². The SMILES string of the molecule is Cc1ccc(NS(=O)(=O)c2ccc(OCC(=O)NCCCn3ccnc3)c(C)c2)cc1. The molecule has 1 heterocycles. The van der Waals surface area contributed by atoms with Crippen molar-refractivity contribution in [3.63, 3.8) is 0 Å². The monoisotopic (exact) mass is 442 g/mol. The van der Waals surface area contributed by atoms with Gasteiger partial charge < -0.3 is 14.6 Å². The van der Waals surface area contributed by atoms with Crippen LogP contribution in [0.4, 0.5) is 5.69 Å². The molecule has 0 aliphatic carbocycles. The van der Waals surface area contributed by atoms with Crippen LogP contribution in [0.15, 0.2) is 66.1 Å². The number of aromatic nitrogens is 2. The number of imidazole rings is 1. The Morgan fingerprint density at radius 2 is 1.90 bits per heavy atom. The lowest BCUT2D eigenvalue weighted by atomic mass is 10.2. The van der Waals surface area contributed by atoms with Crippen LogP contribution in [0.5, 0.6) is 5.75 Å². The number of carbonyl (C=O) groups excluding carboxylic acids is 1. The summed E-state index contributed by atoms with van der Waals surface area (Å²) in [5, 5.41) is 2.80. The van der Waals surface area contributed by atoms with Gasteiger partial charge in [-0.3, -0.25) is 9.52 Å². The molecule has 0 unspecified atom stereocenters. The summed E-state index contributed by atoms with van der Waals surface area (Å²) in [7, 11) is -3.72. The molecule has 1 aromatic heterocycles. The van der Waals surface area contributed by atoms with E-state index >= 15 is 0 Å². The van der Waals surface area contributed by atoms with Crippen molar-refractivity contribution in [2.75, 3.05) is 17.9 Å². The third-order valence-corrected chi connectivity index (χ3v) is 5.97. The third-order valence-electron chi connectivity index (χ3n) is 4.59. The number of hydrogen-bond donors (Lipinski definition) is 2. The number of hydrogen-bond acceptors (Lipinski definition) is 5. The van der Waals surface area contributed by atoms with E-state index in [4.69, 9.17) is 4.74 Å². The van der Waals surface area contributed by atoms with E-state index in [0.29, 0.717) is 23.5 Å². The Bertz CT molecular complexity index is 1110. The predicted molar refractivity (Wildman–Crippen MR) is 119 cm³/mol. The molecular formula is C22H26N4O4S. The van der Waals surface area contributed by atoms with Gasteiger partial charge in [0.2, 0.25) is 0 Å². The van der Waals surface area contributed by atoms with Crippen molar-refractivity contribution < 1.29 is 17.9 Å². The average molecular weight is 443 g/mol. The van der Waals surface area contributed by atoms with Gasteiger partial charge in [-0.1, -0.05) is 17.7 Å². The van der Waals surface area contributed by atoms with Gasteiger partial charge >= 0.3 is 0 Å². The van der Waals surface area contributed by atoms with E-state index in [9.17, 15) is 13.2 Å². The van der Waals surface area contributed by atoms with E-state index in [0.717, 1.165) is 18.5 Å². The molecule has 3 aromatic rings. The molecular weight excluding hydrogens is 416 g/mol. The number of amides is 1. The quantitative estimate of drug-likeness (QED) is 0.470. The summed E-state index contributed by atoms with van der Waals surface area (Å²) < 4.78 is 35.3. The fourth-order valence-electron chi connectivity index (χ4n) is 2.89. The molecule has 0 radical (unpaired) electrons. The van der Waals surface area contributed by atoms with Crippen molar-refractivity contribution in [3.8, 4) is 5.75 Å². The fourth-order valence-corrected chi connectivity index (χ4v) is 4.03. The first-order chi connectivity index (χ1) is 14.8. The highest BCUT2D eigenvalue weighted by molar-refractivity contribution is 7.92. The van der Waals surface area contributed by atoms with Gasteiger partial charge in [-0.05, 0) is 56.2 Å². The van der Waals surface area contributed by atoms with E-state index in [1.165, 1.54) is 12.1 Å². The molecule has 1 amide bonds. The highest BCUT2D eigenvalue weighted by atomic mass is 32.2. The standard InChI is InChI=1S/C22H26N4O4S/c1-17-4-6-19(7-5-17)25-31(28,29)20-8-9-21(18(2)14-20)30-15-22(27)24-10-3-12-26-13-11-23-16-26/h4-9,11,13-14,16,25H,3,10,12,15H2,1-2H3,(H,24,27). The minimum atomic E-state index is -3.72. The summed E-state index contributed by atoms with van der Waals surface area (Å²) in [6, 6.07) is 11.6. The van der Waals surface area contributed by atoms with E-state index in [1.54, 1.807) is 37.6 Å². The highest BCUT2D eigenvalue weighted by Gasteiger charge is 2.16. The van der Waals surface area contributed by atoms with Gasteiger partial charge in [0.15, 0.2) is 6.61 Å². The molecule has 3 rings (SSSR count). The molecule has 0 saturated heterocycles. The summed E-state index contributed by atoms with van der Waals surface area (Å²) in [6.07, 6.45) is 6.09. The lowest BCUT2D eigenvalue weighted by Gasteiger charge is -2.12. The number of sulfonamides is 1. The molecule has 8 nitrogen and oxygen atoms in total. The number of rotatable bonds is 10. The first-order valence-corrected chi connectivity index (χ1v) is 11.4. The van der Waals surface area contributed by atoms with Gasteiger partial charge in [-0.2, -0.15) is 0 Å². The number of nitrogens with zero attached hydrogens (tertiary/aromatic N) is 2. The zero-order chi connectivity index (χ0) is 22.3. The van der Waals surface area contributed by atoms with E-state index in [1.807, 2.05) is 29.8 Å². The second kappa shape index (κ2) is 10.1. The molecule has 0 saturated carbocycles. The number of carbonyl (C=O) groups is 1. The molecule has 0 fully saturated rings. The van der Waals surface area contributed by atoms with Gasteiger partial charge in [0.05, 0.1) is 11.2 Å². The molecule has 0 aliphatic rings. The number of anilines is 1. The number of aryl methyl sites for hydroxylation is 3. The van der Waals surface area contributed by atoms with Crippen LogP contribution in [0, 0.1) is 13.8 Å². The lowest BCUT2D eigenvalue weighted by Crippen LogP contribution is -2.30. The van der Waals surface area contributed by atoms with Gasteiger partial charge in [0, 0.05) is 31.2 Å². The zero-order valence-electron chi connectivity index (χ0n) is 17.5. The van der Waals surface area contributed by atoms with Crippen molar-refractivity contribution in [3.05, 3.63) is 72.3 Å². The van der Waals surface area contributed by atoms with Crippen molar-refractivity contribution in [2.24, 2.45) is 0 Å². The molecule has 2 N–H and O–H groups in total. The maximum Gasteiger partial charge on any atom is 0.261 e. The lowest BCUT2D eigenvalue weighted by molar-refractivity contribution is -0.123. The Kier molecular flexibility index (Phi) is 7.30. The zero-order valence-corrected chi connectivity index (χ0v) is 18.4. The second-order valence-corrected chi connectivity index (χ2v) is 8.87. The van der Waals surface area contributed by atoms with Gasteiger partial charge in [0.1, 0.15) is 5.75 Å². The Morgan fingerprint density at radius 3 is 2.58 bits per heavy atom. The van der Waals surface area contributed by atoms with Crippen molar-refractivity contribution in [1.29, 1.82) is 0 Å². The highest BCUT2D eigenvalue weighted by Crippen LogP contribution is 2.23. The van der Waals surface area contributed by atoms with Gasteiger partial charge in [-0.25, -0.2) is 13.4 Å². The number of ether oxygens (including phenoxy) is 1. The number of benzene rings is 2. The summed E-state index contributed by atoms with van der Waals surface area (Å²) in [5.74, 6) is 0.227. The first-order valence-electron chi connectivity index (χ1n) is 9.89. The van der Waals surface area contributed by atoms with E-state index < -0.39 is 10.0 Å². The van der Waals surface area contributed by atoms with Crippen LogP contribution in [0.3, 0.4) is 0 Å². The summed E-state index contributed by atoms with van der Waals surface area (Å²) in [5.41, 5.74) is 2.16. The minimum absolute atomic E-state index is 0.127. The van der Waals surface area contributed by atoms with Crippen LogP contribution >= 0.6 is 0 Å². The largest absolute Gasteiger partial charge is 0.484 e. The van der Waals surface area contributed by atoms with Crippen molar-refractivity contribution >= 4 is 21.6 Å². The normalized spacial score (nSPS) is 11.2. The molecule has 2 aromatic carbocycles. The van der Waals surface area contributed by atoms with Crippen LogP contribution in [0.2, 0.25) is 0 Å². The second-order valence-electron chi connectivity index (χ2n) is 7.19. The Balaban J connectivity index is 1.50. The first kappa shape index (κ1) is 22.4. The summed E-state index contributed by atoms with van der Waals surface area (Å²) in [6.45, 7) is 4.83. The van der Waals surface area contributed by atoms with Crippen LogP contribution in [0.1, 0.15) is 17.5 Å². The van der Waals surface area contributed by atoms with Crippen LogP contribution in [-0.4, -0.2) is 37.0 Å². The smallest absolute Gasteiger partial charge is 0.261 e. The molecule has 0 aliphatic heterocycles. The van der Waals surface area contributed by atoms with Gasteiger partial charge in [0.25, 0.3) is 15.9 Å². The van der Waals surface area contributed by atoms with Crippen LogP contribution in [0.25, 0.3) is 0 Å². The predicted octanol–water partition coefficient (Wildman–Crippen LogP) is 2.89. The summed E-state index contributed by atoms with van der Waals surface area (Å²) >= 11 is 0. The average Bonchev–Trinajstić information content (AvgIpc) is 3.25. The molecule has 164 valence electrons. The van der Waals surface area contributed by atoms with Crippen molar-refractivity contribution in [2.45, 2.75) is 31.7 Å². The maximum atomic E-state index is 12.6. The Hall–Kier alpha value is -3.33. The molecule has 9 heteroatoms. The Morgan fingerprint density at radius 1 is 1.13 bits per heavy atom. The molecule has 0 atom stereocenters. The summed E-state index contributed by atoms with van der Waals surface area (Å²) in [4.78, 5) is 16.1. The third kappa shape index (κ3) is 6.58. The molecule has 0 bridgehead atoms. The topological polar surface area (TPSA) is 102 Å². The van der Waals surface area contributed by atoms with E-state index in [-0.39, 0.29) is 17.4 Å². The minimum Gasteiger partial charge on any atom is -0.484 e. The van der Waals surface area contributed by atoms with Crippen LogP contribution < -0.4 is 14.8 Å². The molecule has 31 heavy (non-hydrogen) atoms. The fraction of sp³-hybridized carbons (Fsp3) is 0.273. The van der Waals surface area contributed by atoms with Crippen LogP contribution in [-0.2, 0) is 21.4 Å². The number of nitrogens with one attached hydrogen (secondary N) is 2. The molecule has 0 spiro atoms. The Labute approximate surface area is 182 Å².